The van der Waals surface area contributed by atoms with E-state index in [9.17, 15) is 14.4 Å². The van der Waals surface area contributed by atoms with E-state index in [1.807, 2.05) is 0 Å². The Morgan fingerprint density at radius 1 is 1.44 bits per heavy atom. The van der Waals surface area contributed by atoms with Gasteiger partial charge in [-0.05, 0) is 22.0 Å². The molecule has 2 rings (SSSR count). The standard InChI is InChI=1S/C11H12BrN3O3/c1-14-5-6(12)3-8(14)10(17)13-7-4-9(16)15(2)11(7)18/h3,5,7H,4H2,1-2H3,(H,13,17). The predicted molar refractivity (Wildman–Crippen MR) is 66.8 cm³/mol. The van der Waals surface area contributed by atoms with Crippen molar-refractivity contribution in [3.05, 3.63) is 22.4 Å². The summed E-state index contributed by atoms with van der Waals surface area (Å²) in [5.74, 6) is -1.02. The highest BCUT2D eigenvalue weighted by Gasteiger charge is 2.37. The Bertz CT molecular complexity index is 538. The summed E-state index contributed by atoms with van der Waals surface area (Å²) in [5.41, 5.74) is 0.427. The summed E-state index contributed by atoms with van der Waals surface area (Å²) in [4.78, 5) is 36.0. The van der Waals surface area contributed by atoms with Crippen molar-refractivity contribution >= 4 is 33.7 Å². The smallest absolute Gasteiger partial charge is 0.268 e. The molecule has 7 heteroatoms. The van der Waals surface area contributed by atoms with Gasteiger partial charge in [-0.2, -0.15) is 0 Å². The minimum Gasteiger partial charge on any atom is -0.345 e. The molecular formula is C11H12BrN3O3. The third kappa shape index (κ3) is 2.17. The number of imide groups is 1. The third-order valence-electron chi connectivity index (χ3n) is 2.89. The zero-order valence-electron chi connectivity index (χ0n) is 9.94. The van der Waals surface area contributed by atoms with Crippen LogP contribution in [0.25, 0.3) is 0 Å². The number of rotatable bonds is 2. The Balaban J connectivity index is 2.11. The first kappa shape index (κ1) is 12.8. The van der Waals surface area contributed by atoms with Gasteiger partial charge in [0.15, 0.2) is 0 Å². The number of carbonyl (C=O) groups excluding carboxylic acids is 3. The molecular weight excluding hydrogens is 302 g/mol. The maximum absolute atomic E-state index is 12.0. The molecule has 0 bridgehead atoms. The number of likely N-dealkylation sites (N-methyl/N-ethyl adjacent to an activating group) is 1. The lowest BCUT2D eigenvalue weighted by Gasteiger charge is -2.11. The zero-order valence-corrected chi connectivity index (χ0v) is 11.5. The van der Waals surface area contributed by atoms with Gasteiger partial charge in [0, 0.05) is 24.8 Å². The SMILES string of the molecule is CN1C(=O)CC(NC(=O)c2cc(Br)cn2C)C1=O. The molecule has 1 aliphatic rings. The second-order valence-electron chi connectivity index (χ2n) is 4.18. The van der Waals surface area contributed by atoms with Gasteiger partial charge in [0.25, 0.3) is 11.8 Å². The molecule has 3 amide bonds. The van der Waals surface area contributed by atoms with E-state index in [1.54, 1.807) is 23.9 Å². The monoisotopic (exact) mass is 313 g/mol. The number of halogens is 1. The normalized spacial score (nSPS) is 19.5. The molecule has 0 aromatic carbocycles. The van der Waals surface area contributed by atoms with E-state index < -0.39 is 6.04 Å². The average molecular weight is 314 g/mol. The van der Waals surface area contributed by atoms with E-state index in [0.717, 1.165) is 9.37 Å². The summed E-state index contributed by atoms with van der Waals surface area (Å²) >= 11 is 3.26. The van der Waals surface area contributed by atoms with Gasteiger partial charge in [0.05, 0.1) is 6.42 Å². The lowest BCUT2D eigenvalue weighted by Crippen LogP contribution is -2.41. The van der Waals surface area contributed by atoms with Gasteiger partial charge >= 0.3 is 0 Å². The third-order valence-corrected chi connectivity index (χ3v) is 3.32. The number of likely N-dealkylation sites (tertiary alicyclic amines) is 1. The summed E-state index contributed by atoms with van der Waals surface area (Å²) in [6.45, 7) is 0. The maximum Gasteiger partial charge on any atom is 0.268 e. The number of nitrogens with one attached hydrogen (secondary N) is 1. The molecule has 0 radical (unpaired) electrons. The first-order valence-electron chi connectivity index (χ1n) is 5.33. The fourth-order valence-electron chi connectivity index (χ4n) is 1.85. The van der Waals surface area contributed by atoms with E-state index in [-0.39, 0.29) is 24.1 Å². The molecule has 0 aliphatic carbocycles. The molecule has 1 aromatic heterocycles. The van der Waals surface area contributed by atoms with Crippen molar-refractivity contribution in [1.82, 2.24) is 14.8 Å². The Morgan fingerprint density at radius 2 is 2.11 bits per heavy atom. The van der Waals surface area contributed by atoms with E-state index in [0.29, 0.717) is 5.69 Å². The Labute approximate surface area is 112 Å². The van der Waals surface area contributed by atoms with Gasteiger partial charge in [0.1, 0.15) is 11.7 Å². The number of carbonyl (C=O) groups is 3. The molecule has 1 unspecified atom stereocenters. The minimum absolute atomic E-state index is 0.0205. The quantitative estimate of drug-likeness (QED) is 0.797. The van der Waals surface area contributed by atoms with Gasteiger partial charge in [-0.25, -0.2) is 0 Å². The summed E-state index contributed by atoms with van der Waals surface area (Å²) in [6, 6.07) is 0.893. The Kier molecular flexibility index (Phi) is 3.25. The fourth-order valence-corrected chi connectivity index (χ4v) is 2.37. The molecule has 1 N–H and O–H groups in total. The predicted octanol–water partition coefficient (Wildman–Crippen LogP) is 0.275. The number of aromatic nitrogens is 1. The van der Waals surface area contributed by atoms with E-state index in [4.69, 9.17) is 0 Å². The van der Waals surface area contributed by atoms with Crippen molar-refractivity contribution in [2.75, 3.05) is 7.05 Å². The van der Waals surface area contributed by atoms with Gasteiger partial charge in [-0.1, -0.05) is 0 Å². The molecule has 6 nitrogen and oxygen atoms in total. The highest BCUT2D eigenvalue weighted by atomic mass is 79.9. The lowest BCUT2D eigenvalue weighted by atomic mass is 10.2. The van der Waals surface area contributed by atoms with Crippen LogP contribution in [-0.2, 0) is 16.6 Å². The molecule has 0 saturated carbocycles. The van der Waals surface area contributed by atoms with E-state index in [1.165, 1.54) is 7.05 Å². The van der Waals surface area contributed by atoms with Crippen LogP contribution in [0.2, 0.25) is 0 Å². The first-order valence-corrected chi connectivity index (χ1v) is 6.12. The van der Waals surface area contributed by atoms with Crippen LogP contribution in [0.15, 0.2) is 16.7 Å². The second-order valence-corrected chi connectivity index (χ2v) is 5.09. The van der Waals surface area contributed by atoms with Gasteiger partial charge in [0.2, 0.25) is 5.91 Å². The number of hydrogen-bond acceptors (Lipinski definition) is 3. The van der Waals surface area contributed by atoms with Crippen molar-refractivity contribution in [2.45, 2.75) is 12.5 Å². The molecule has 18 heavy (non-hydrogen) atoms. The van der Waals surface area contributed by atoms with Crippen LogP contribution in [0.3, 0.4) is 0 Å². The number of aryl methyl sites for hydroxylation is 1. The van der Waals surface area contributed by atoms with Crippen LogP contribution in [-0.4, -0.2) is 40.3 Å². The van der Waals surface area contributed by atoms with Crippen LogP contribution >= 0.6 is 15.9 Å². The number of hydrogen-bond donors (Lipinski definition) is 1. The minimum atomic E-state index is -0.760. The fraction of sp³-hybridized carbons (Fsp3) is 0.364. The van der Waals surface area contributed by atoms with Gasteiger partial charge < -0.3 is 9.88 Å². The van der Waals surface area contributed by atoms with Crippen molar-refractivity contribution < 1.29 is 14.4 Å². The Hall–Kier alpha value is -1.63. The summed E-state index contributed by atoms with van der Waals surface area (Å²) in [6.07, 6.45) is 1.76. The molecule has 1 aromatic rings. The van der Waals surface area contributed by atoms with Crippen LogP contribution < -0.4 is 5.32 Å². The van der Waals surface area contributed by atoms with E-state index >= 15 is 0 Å². The summed E-state index contributed by atoms with van der Waals surface area (Å²) in [5, 5.41) is 2.57. The molecule has 96 valence electrons. The summed E-state index contributed by atoms with van der Waals surface area (Å²) in [7, 11) is 3.14. The van der Waals surface area contributed by atoms with Crippen molar-refractivity contribution in [2.24, 2.45) is 7.05 Å². The highest BCUT2D eigenvalue weighted by molar-refractivity contribution is 9.10. The van der Waals surface area contributed by atoms with Crippen molar-refractivity contribution in [3.63, 3.8) is 0 Å². The van der Waals surface area contributed by atoms with Crippen molar-refractivity contribution in [1.29, 1.82) is 0 Å². The largest absolute Gasteiger partial charge is 0.345 e. The summed E-state index contributed by atoms with van der Waals surface area (Å²) < 4.78 is 2.42. The lowest BCUT2D eigenvalue weighted by molar-refractivity contribution is -0.137. The van der Waals surface area contributed by atoms with Crippen LogP contribution in [0.1, 0.15) is 16.9 Å². The van der Waals surface area contributed by atoms with Crippen LogP contribution in [0.5, 0.6) is 0 Å². The molecule has 2 heterocycles. The number of amides is 3. The topological polar surface area (TPSA) is 71.4 Å². The first-order chi connectivity index (χ1) is 8.40. The molecule has 1 fully saturated rings. The second kappa shape index (κ2) is 4.56. The van der Waals surface area contributed by atoms with E-state index in [2.05, 4.69) is 21.2 Å². The van der Waals surface area contributed by atoms with Gasteiger partial charge in [-0.3, -0.25) is 19.3 Å². The molecule has 1 atom stereocenters. The zero-order chi connectivity index (χ0) is 13.4. The van der Waals surface area contributed by atoms with Gasteiger partial charge in [-0.15, -0.1) is 0 Å². The van der Waals surface area contributed by atoms with Crippen LogP contribution in [0.4, 0.5) is 0 Å². The number of nitrogens with zero attached hydrogens (tertiary/aromatic N) is 2. The molecule has 0 spiro atoms. The Morgan fingerprint density at radius 3 is 2.56 bits per heavy atom. The molecule has 1 saturated heterocycles. The maximum atomic E-state index is 12.0. The van der Waals surface area contributed by atoms with Crippen molar-refractivity contribution in [3.8, 4) is 0 Å². The van der Waals surface area contributed by atoms with Crippen LogP contribution in [0, 0.1) is 0 Å². The molecule has 1 aliphatic heterocycles. The highest BCUT2D eigenvalue weighted by Crippen LogP contribution is 2.15. The average Bonchev–Trinajstić information content (AvgIpc) is 2.75.